The van der Waals surface area contributed by atoms with E-state index in [2.05, 4.69) is 0 Å². The van der Waals surface area contributed by atoms with E-state index in [0.717, 1.165) is 0 Å². The Balaban J connectivity index is 1.86. The SMILES string of the molecule is C[C@@H]1[C@H](O)[C@H](C)/C=C/C=C/C=C/C=C/C=C/C=C/C=C/[C@H](O[C@@H]2O[C@H](C)[C@H](O)[C@H](N)[C@@H]2O)C[C@H]2O[C@@](O)(C[C@H](O)C[C@H](O)[C@H](O)CC[C@H](O)C[C@H](O)CC(=O)O[C@@H]1C)C[C@@H](O)[C@@H]2C(=O)O. The van der Waals surface area contributed by atoms with Gasteiger partial charge in [-0.1, -0.05) is 98.9 Å². The van der Waals surface area contributed by atoms with Gasteiger partial charge < -0.3 is 80.9 Å². The fourth-order valence-electron chi connectivity index (χ4n) is 7.97. The zero-order valence-electron chi connectivity index (χ0n) is 37.6. The molecular weight excluding hydrogens is 851 g/mol. The number of ether oxygens (including phenoxy) is 4. The Morgan fingerprint density at radius 3 is 1.82 bits per heavy atom. The van der Waals surface area contributed by atoms with Crippen molar-refractivity contribution in [2.75, 3.05) is 0 Å². The van der Waals surface area contributed by atoms with Crippen molar-refractivity contribution in [1.82, 2.24) is 0 Å². The molecule has 19 atom stereocenters. The van der Waals surface area contributed by atoms with Crippen LogP contribution in [0.4, 0.5) is 0 Å². The molecule has 3 aliphatic heterocycles. The molecule has 0 unspecified atom stereocenters. The minimum atomic E-state index is -2.33. The van der Waals surface area contributed by atoms with Crippen LogP contribution < -0.4 is 5.73 Å². The van der Waals surface area contributed by atoms with E-state index in [1.54, 1.807) is 80.7 Å². The molecule has 0 radical (unpaired) electrons. The van der Waals surface area contributed by atoms with E-state index in [1.807, 2.05) is 19.1 Å². The van der Waals surface area contributed by atoms with Gasteiger partial charge in [0.15, 0.2) is 12.1 Å². The summed E-state index contributed by atoms with van der Waals surface area (Å²) in [7, 11) is 0. The minimum Gasteiger partial charge on any atom is -0.481 e. The Labute approximate surface area is 381 Å². The summed E-state index contributed by atoms with van der Waals surface area (Å²) >= 11 is 0. The summed E-state index contributed by atoms with van der Waals surface area (Å²) in [5.41, 5.74) is 6.02. The highest BCUT2D eigenvalue weighted by molar-refractivity contribution is 5.71. The molecule has 18 heteroatoms. The molecule has 368 valence electrons. The third kappa shape index (κ3) is 18.6. The maximum Gasteiger partial charge on any atom is 0.311 e. The van der Waals surface area contributed by atoms with Crippen molar-refractivity contribution in [1.29, 1.82) is 0 Å². The van der Waals surface area contributed by atoms with Crippen molar-refractivity contribution in [3.8, 4) is 0 Å². The first kappa shape index (κ1) is 55.9. The molecule has 0 amide bonds. The Morgan fingerprint density at radius 2 is 1.23 bits per heavy atom. The molecule has 0 saturated carbocycles. The van der Waals surface area contributed by atoms with E-state index in [-0.39, 0.29) is 31.6 Å². The van der Waals surface area contributed by atoms with Gasteiger partial charge in [0.25, 0.3) is 0 Å². The van der Waals surface area contributed by atoms with Crippen LogP contribution in [0.3, 0.4) is 0 Å². The molecule has 3 aliphatic rings. The normalized spacial score (nSPS) is 45.5. The maximum absolute atomic E-state index is 12.6. The fraction of sp³-hybridized carbons (Fsp3) is 0.660. The van der Waals surface area contributed by atoms with Crippen molar-refractivity contribution < 1.29 is 84.7 Å². The summed E-state index contributed by atoms with van der Waals surface area (Å²) in [5.74, 6) is -6.83. The van der Waals surface area contributed by atoms with Crippen molar-refractivity contribution in [3.05, 3.63) is 85.1 Å². The molecule has 2 fully saturated rings. The standard InChI is InChI=1S/C47H73NO17/c1-27-17-15-13-11-9-7-5-6-8-10-12-14-16-18-34(64-46-44(58)41(48)43(57)30(4)63-46)24-38-40(45(59)60)37(54)26-47(61,65-38)25-33(51)22-36(53)35(52)20-19-31(49)21-32(50)23-39(55)62-29(3)28(2)42(27)56/h5-18,27-38,40-44,46,49-54,56-58,61H,19-26,48H2,1-4H3,(H,59,60)/b6-5+,9-7+,10-8+,13-11+,14-12+,17-15+,18-16+/t27-,28+,29-,30-,31+,32+,33-,34+,35-,36+,37-,38-,40+,41+,42-,43+,44+,46+,47+/m1/s1. The summed E-state index contributed by atoms with van der Waals surface area (Å²) < 4.78 is 23.1. The van der Waals surface area contributed by atoms with Gasteiger partial charge in [0, 0.05) is 37.5 Å². The summed E-state index contributed by atoms with van der Waals surface area (Å²) in [5, 5.41) is 118. The zero-order valence-corrected chi connectivity index (χ0v) is 37.6. The van der Waals surface area contributed by atoms with Gasteiger partial charge in [-0.3, -0.25) is 9.59 Å². The topological polar surface area (TPSA) is 320 Å². The first-order valence-corrected chi connectivity index (χ1v) is 22.3. The molecule has 3 heterocycles. The number of cyclic esters (lactones) is 1. The van der Waals surface area contributed by atoms with Crippen LogP contribution in [-0.2, 0) is 28.5 Å². The second-order valence-electron chi connectivity index (χ2n) is 17.6. The van der Waals surface area contributed by atoms with E-state index in [4.69, 9.17) is 24.7 Å². The highest BCUT2D eigenvalue weighted by Crippen LogP contribution is 2.38. The van der Waals surface area contributed by atoms with Crippen molar-refractivity contribution in [2.45, 2.75) is 177 Å². The molecule has 0 aromatic rings. The van der Waals surface area contributed by atoms with Crippen molar-refractivity contribution in [2.24, 2.45) is 23.5 Å². The van der Waals surface area contributed by atoms with Gasteiger partial charge in [0.1, 0.15) is 18.1 Å². The average Bonchev–Trinajstić information content (AvgIpc) is 3.21. The summed E-state index contributed by atoms with van der Waals surface area (Å²) in [4.78, 5) is 25.1. The molecule has 3 rings (SSSR count). The Kier molecular flexibility index (Phi) is 23.6. The van der Waals surface area contributed by atoms with Crippen LogP contribution in [-0.4, -0.2) is 166 Å². The molecule has 0 aliphatic carbocycles. The van der Waals surface area contributed by atoms with Gasteiger partial charge in [-0.15, -0.1) is 0 Å². The van der Waals surface area contributed by atoms with Crippen LogP contribution >= 0.6 is 0 Å². The summed E-state index contributed by atoms with van der Waals surface area (Å²) in [6.45, 7) is 6.74. The van der Waals surface area contributed by atoms with Gasteiger partial charge in [-0.05, 0) is 33.1 Å². The van der Waals surface area contributed by atoms with E-state index >= 15 is 0 Å². The number of aliphatic hydroxyl groups is 10. The Bertz CT molecular complexity index is 1670. The van der Waals surface area contributed by atoms with E-state index < -0.39 is 147 Å². The van der Waals surface area contributed by atoms with Crippen molar-refractivity contribution in [3.63, 3.8) is 0 Å². The molecule has 2 bridgehead atoms. The number of carboxylic acid groups (broad SMARTS) is 1. The highest BCUT2D eigenvalue weighted by atomic mass is 16.7. The fourth-order valence-corrected chi connectivity index (χ4v) is 7.97. The van der Waals surface area contributed by atoms with Gasteiger partial charge in [0.2, 0.25) is 0 Å². The largest absolute Gasteiger partial charge is 0.481 e. The predicted octanol–water partition coefficient (Wildman–Crippen LogP) is 0.712. The second-order valence-corrected chi connectivity index (χ2v) is 17.6. The third-order valence-corrected chi connectivity index (χ3v) is 12.0. The van der Waals surface area contributed by atoms with E-state index in [0.29, 0.717) is 0 Å². The number of carboxylic acids is 1. The number of esters is 1. The monoisotopic (exact) mass is 923 g/mol. The number of fused-ring (bicyclic) bond motifs is 2. The number of allylic oxidation sites excluding steroid dienone is 12. The number of aliphatic hydroxyl groups excluding tert-OH is 9. The Hall–Kier alpha value is -3.44. The number of carbonyl (C=O) groups excluding carboxylic acids is 1. The lowest BCUT2D eigenvalue weighted by molar-refractivity contribution is -0.308. The first-order chi connectivity index (χ1) is 30.6. The van der Waals surface area contributed by atoms with Crippen LogP contribution in [0, 0.1) is 17.8 Å². The van der Waals surface area contributed by atoms with Gasteiger partial charge >= 0.3 is 11.9 Å². The van der Waals surface area contributed by atoms with Crippen LogP contribution in [0.2, 0.25) is 0 Å². The number of hydrogen-bond donors (Lipinski definition) is 12. The summed E-state index contributed by atoms with van der Waals surface area (Å²) in [6.07, 6.45) is 3.46. The maximum atomic E-state index is 12.6. The molecule has 0 aromatic carbocycles. The van der Waals surface area contributed by atoms with E-state index in [1.165, 1.54) is 13.0 Å². The van der Waals surface area contributed by atoms with Crippen LogP contribution in [0.15, 0.2) is 85.1 Å². The first-order valence-electron chi connectivity index (χ1n) is 22.3. The average molecular weight is 924 g/mol. The van der Waals surface area contributed by atoms with Crippen LogP contribution in [0.5, 0.6) is 0 Å². The van der Waals surface area contributed by atoms with Crippen LogP contribution in [0.1, 0.15) is 79.1 Å². The molecule has 65 heavy (non-hydrogen) atoms. The number of rotatable bonds is 3. The number of hydrogen-bond acceptors (Lipinski definition) is 17. The zero-order chi connectivity index (χ0) is 48.4. The number of nitrogens with two attached hydrogens (primary N) is 1. The lowest BCUT2D eigenvalue weighted by atomic mass is 9.82. The molecule has 18 nitrogen and oxygen atoms in total. The van der Waals surface area contributed by atoms with Crippen molar-refractivity contribution >= 4 is 11.9 Å². The highest BCUT2D eigenvalue weighted by Gasteiger charge is 2.51. The molecule has 13 N–H and O–H groups in total. The van der Waals surface area contributed by atoms with E-state index in [9.17, 15) is 65.8 Å². The predicted molar refractivity (Wildman–Crippen MR) is 237 cm³/mol. The lowest BCUT2D eigenvalue weighted by Gasteiger charge is -2.45. The number of carbonyl (C=O) groups is 2. The quantitative estimate of drug-likeness (QED) is 0.174. The second kappa shape index (κ2) is 27.4. The third-order valence-electron chi connectivity index (χ3n) is 12.0. The molecular formula is C47H73NO17. The van der Waals surface area contributed by atoms with Gasteiger partial charge in [-0.2, -0.15) is 0 Å². The summed E-state index contributed by atoms with van der Waals surface area (Å²) in [6, 6.07) is -1.15. The molecule has 2 saturated heterocycles. The Morgan fingerprint density at radius 1 is 0.662 bits per heavy atom. The minimum absolute atomic E-state index is 0.107. The number of aliphatic carboxylic acids is 1. The lowest BCUT2D eigenvalue weighted by Crippen LogP contribution is -2.61. The van der Waals surface area contributed by atoms with Crippen LogP contribution in [0.25, 0.3) is 0 Å². The molecule has 0 aromatic heterocycles. The molecule has 0 spiro atoms. The van der Waals surface area contributed by atoms with Gasteiger partial charge in [-0.25, -0.2) is 0 Å². The smallest absolute Gasteiger partial charge is 0.311 e. The van der Waals surface area contributed by atoms with Gasteiger partial charge in [0.05, 0.1) is 79.6 Å².